The van der Waals surface area contributed by atoms with Crippen molar-refractivity contribution in [3.05, 3.63) is 83.4 Å². The van der Waals surface area contributed by atoms with Gasteiger partial charge in [-0.15, -0.1) is 0 Å². The quantitative estimate of drug-likeness (QED) is 0.367. The lowest BCUT2D eigenvalue weighted by atomic mass is 10.0. The Balaban J connectivity index is 1.68. The second kappa shape index (κ2) is 13.0. The molecule has 4 rings (SSSR count). The third-order valence-corrected chi connectivity index (χ3v) is 10.7. The number of amides is 1. The number of aliphatic hydroxyl groups is 1. The maximum absolute atomic E-state index is 13.5. The number of rotatable bonds is 9. The summed E-state index contributed by atoms with van der Waals surface area (Å²) in [6.45, 7) is 3.48. The van der Waals surface area contributed by atoms with Crippen LogP contribution >= 0.6 is 11.6 Å². The van der Waals surface area contributed by atoms with E-state index in [4.69, 9.17) is 16.3 Å². The number of halogens is 1. The van der Waals surface area contributed by atoms with E-state index in [-0.39, 0.29) is 53.4 Å². The molecule has 0 bridgehead atoms. The van der Waals surface area contributed by atoms with Crippen molar-refractivity contribution >= 4 is 43.2 Å². The molecule has 0 saturated carbocycles. The molecule has 0 aromatic heterocycles. The molecule has 0 unspecified atom stereocenters. The third kappa shape index (κ3) is 7.24. The number of sulfonamides is 2. The minimum atomic E-state index is -3.89. The van der Waals surface area contributed by atoms with Gasteiger partial charge in [0.05, 0.1) is 35.4 Å². The van der Waals surface area contributed by atoms with E-state index in [0.29, 0.717) is 16.3 Å². The topological polar surface area (TPSA) is 133 Å². The van der Waals surface area contributed by atoms with Gasteiger partial charge in [0.2, 0.25) is 15.9 Å². The van der Waals surface area contributed by atoms with Crippen LogP contribution in [0.4, 0.5) is 5.69 Å². The van der Waals surface area contributed by atoms with Gasteiger partial charge < -0.3 is 14.7 Å². The summed E-state index contributed by atoms with van der Waals surface area (Å²) in [5.41, 5.74) is 0.660. The monoisotopic (exact) mass is 635 g/mol. The Hall–Kier alpha value is -3.16. The molecule has 3 aromatic rings. The summed E-state index contributed by atoms with van der Waals surface area (Å²) in [6.07, 6.45) is -0.805. The summed E-state index contributed by atoms with van der Waals surface area (Å²) in [4.78, 5) is 15.2. The highest BCUT2D eigenvalue weighted by Crippen LogP contribution is 2.31. The van der Waals surface area contributed by atoms with Crippen LogP contribution in [-0.2, 0) is 31.3 Å². The average Bonchev–Trinajstić information content (AvgIpc) is 3.00. The van der Waals surface area contributed by atoms with Crippen LogP contribution in [0, 0.1) is 5.92 Å². The molecule has 13 heteroatoms. The van der Waals surface area contributed by atoms with Crippen molar-refractivity contribution in [3.8, 4) is 5.75 Å². The Morgan fingerprint density at radius 2 is 1.71 bits per heavy atom. The van der Waals surface area contributed by atoms with Gasteiger partial charge in [0.1, 0.15) is 11.9 Å². The fraction of sp³-hybridized carbons (Fsp3) is 0.345. The van der Waals surface area contributed by atoms with Gasteiger partial charge in [-0.25, -0.2) is 16.8 Å². The number of fused-ring (bicyclic) bond motifs is 1. The number of ether oxygens (including phenoxy) is 1. The van der Waals surface area contributed by atoms with Gasteiger partial charge in [0.25, 0.3) is 10.0 Å². The molecule has 1 aliphatic heterocycles. The highest BCUT2D eigenvalue weighted by molar-refractivity contribution is 7.92. The highest BCUT2D eigenvalue weighted by atomic mass is 35.5. The van der Waals surface area contributed by atoms with Gasteiger partial charge in [-0.05, 0) is 61.5 Å². The molecule has 0 fully saturated rings. The van der Waals surface area contributed by atoms with E-state index in [1.807, 2.05) is 6.92 Å². The Labute approximate surface area is 252 Å². The standard InChI is InChI=1S/C29H34ClN3O7S2/c1-20-17-33(21(2)19-34)29(35)16-22-15-24(31-41(36,37)25-7-5-4-6-8-25)11-14-27(22)40-28(20)18-32(3)42(38,39)26-12-9-23(30)10-13-26/h4-15,20-21,28,31,34H,16-19H2,1-3H3/t20-,21-,28+/m0/s1. The molecule has 1 amide bonds. The Kier molecular flexibility index (Phi) is 9.84. The van der Waals surface area contributed by atoms with Crippen molar-refractivity contribution in [2.75, 3.05) is 31.5 Å². The predicted molar refractivity (Wildman–Crippen MR) is 161 cm³/mol. The molecule has 3 atom stereocenters. The molecule has 226 valence electrons. The van der Waals surface area contributed by atoms with Crippen molar-refractivity contribution in [2.45, 2.75) is 42.2 Å². The number of nitrogens with one attached hydrogen (secondary N) is 1. The first-order chi connectivity index (χ1) is 19.8. The Morgan fingerprint density at radius 1 is 1.05 bits per heavy atom. The maximum atomic E-state index is 13.5. The smallest absolute Gasteiger partial charge is 0.261 e. The molecular weight excluding hydrogens is 602 g/mol. The van der Waals surface area contributed by atoms with E-state index < -0.39 is 32.2 Å². The van der Waals surface area contributed by atoms with Crippen LogP contribution in [0.15, 0.2) is 82.6 Å². The number of hydrogen-bond acceptors (Lipinski definition) is 7. The van der Waals surface area contributed by atoms with Crippen LogP contribution in [0.1, 0.15) is 19.4 Å². The molecule has 1 heterocycles. The second-order valence-electron chi connectivity index (χ2n) is 10.4. The SMILES string of the molecule is C[C@H]1CN([C@@H](C)CO)C(=O)Cc2cc(NS(=O)(=O)c3ccccc3)ccc2O[C@@H]1CN(C)S(=O)(=O)c1ccc(Cl)cc1. The summed E-state index contributed by atoms with van der Waals surface area (Å²) < 4.78 is 62.6. The number of likely N-dealkylation sites (N-methyl/N-ethyl adjacent to an activating group) is 1. The zero-order valence-electron chi connectivity index (χ0n) is 23.5. The van der Waals surface area contributed by atoms with Gasteiger partial charge >= 0.3 is 0 Å². The highest BCUT2D eigenvalue weighted by Gasteiger charge is 2.33. The molecule has 0 radical (unpaired) electrons. The summed E-state index contributed by atoms with van der Waals surface area (Å²) in [7, 11) is -6.32. The molecule has 42 heavy (non-hydrogen) atoms. The molecule has 0 spiro atoms. The molecular formula is C29H34ClN3O7S2. The number of hydrogen-bond donors (Lipinski definition) is 2. The number of aliphatic hydroxyl groups excluding tert-OH is 1. The van der Waals surface area contributed by atoms with Gasteiger partial charge in [-0.2, -0.15) is 4.31 Å². The van der Waals surface area contributed by atoms with Gasteiger partial charge in [-0.3, -0.25) is 9.52 Å². The van der Waals surface area contributed by atoms with Gasteiger partial charge in [0, 0.05) is 35.8 Å². The predicted octanol–water partition coefficient (Wildman–Crippen LogP) is 3.61. The lowest BCUT2D eigenvalue weighted by Gasteiger charge is -2.33. The summed E-state index contributed by atoms with van der Waals surface area (Å²) >= 11 is 5.94. The van der Waals surface area contributed by atoms with Crippen LogP contribution in [0.3, 0.4) is 0 Å². The Morgan fingerprint density at radius 3 is 2.36 bits per heavy atom. The van der Waals surface area contributed by atoms with E-state index >= 15 is 0 Å². The van der Waals surface area contributed by atoms with E-state index in [2.05, 4.69) is 4.72 Å². The van der Waals surface area contributed by atoms with Crippen molar-refractivity contribution < 1.29 is 31.5 Å². The molecule has 10 nitrogen and oxygen atoms in total. The van der Waals surface area contributed by atoms with E-state index in [0.717, 1.165) is 0 Å². The van der Waals surface area contributed by atoms with E-state index in [1.165, 1.54) is 59.9 Å². The first-order valence-corrected chi connectivity index (χ1v) is 16.6. The van der Waals surface area contributed by atoms with Crippen molar-refractivity contribution in [2.24, 2.45) is 5.92 Å². The summed E-state index contributed by atoms with van der Waals surface area (Å²) in [6, 6.07) is 17.9. The summed E-state index contributed by atoms with van der Waals surface area (Å²) in [5.74, 6) is -0.286. The van der Waals surface area contributed by atoms with Gasteiger partial charge in [0.15, 0.2) is 0 Å². The van der Waals surface area contributed by atoms with Crippen LogP contribution in [-0.4, -0.2) is 75.9 Å². The molecule has 3 aromatic carbocycles. The minimum Gasteiger partial charge on any atom is -0.488 e. The lowest BCUT2D eigenvalue weighted by Crippen LogP contribution is -2.48. The number of anilines is 1. The zero-order valence-corrected chi connectivity index (χ0v) is 25.9. The normalized spacial score (nSPS) is 18.8. The average molecular weight is 636 g/mol. The minimum absolute atomic E-state index is 0.0382. The molecule has 1 aliphatic rings. The number of carbonyl (C=O) groups excluding carboxylic acids is 1. The number of carbonyl (C=O) groups is 1. The fourth-order valence-electron chi connectivity index (χ4n) is 4.66. The van der Waals surface area contributed by atoms with E-state index in [9.17, 15) is 26.7 Å². The molecule has 0 aliphatic carbocycles. The lowest BCUT2D eigenvalue weighted by molar-refractivity contribution is -0.134. The van der Waals surface area contributed by atoms with Crippen LogP contribution in [0.2, 0.25) is 5.02 Å². The second-order valence-corrected chi connectivity index (χ2v) is 14.5. The van der Waals surface area contributed by atoms with Crippen LogP contribution in [0.5, 0.6) is 5.75 Å². The molecule has 2 N–H and O–H groups in total. The van der Waals surface area contributed by atoms with Crippen molar-refractivity contribution in [1.29, 1.82) is 0 Å². The fourth-order valence-corrected chi connectivity index (χ4v) is 7.04. The zero-order chi connectivity index (χ0) is 30.7. The number of benzene rings is 3. The van der Waals surface area contributed by atoms with Gasteiger partial charge in [-0.1, -0.05) is 36.7 Å². The maximum Gasteiger partial charge on any atom is 0.261 e. The largest absolute Gasteiger partial charge is 0.488 e. The number of nitrogens with zero attached hydrogens (tertiary/aromatic N) is 2. The Bertz CT molecular complexity index is 1620. The van der Waals surface area contributed by atoms with Crippen LogP contribution < -0.4 is 9.46 Å². The first kappa shape index (κ1) is 31.8. The third-order valence-electron chi connectivity index (χ3n) is 7.18. The van der Waals surface area contributed by atoms with Crippen molar-refractivity contribution in [1.82, 2.24) is 9.21 Å². The van der Waals surface area contributed by atoms with E-state index in [1.54, 1.807) is 36.1 Å². The first-order valence-electron chi connectivity index (χ1n) is 13.3. The molecule has 0 saturated heterocycles. The van der Waals surface area contributed by atoms with Crippen LogP contribution in [0.25, 0.3) is 0 Å². The van der Waals surface area contributed by atoms with Crippen molar-refractivity contribution in [3.63, 3.8) is 0 Å². The summed E-state index contributed by atoms with van der Waals surface area (Å²) in [5, 5.41) is 10.3.